The predicted molar refractivity (Wildman–Crippen MR) is 7.91 cm³/mol. The van der Waals surface area contributed by atoms with Crippen LogP contribution in [0.5, 0.6) is 0 Å². The Labute approximate surface area is 34.0 Å². The Morgan fingerprint density at radius 3 is 1.20 bits per heavy atom. The monoisotopic (exact) mass is 139 g/mol. The van der Waals surface area contributed by atoms with Crippen LogP contribution in [0.25, 0.3) is 0 Å². The van der Waals surface area contributed by atoms with E-state index in [2.05, 4.69) is 10.1 Å². The van der Waals surface area contributed by atoms with Crippen LogP contribution in [0.2, 0.25) is 0 Å². The molecule has 0 aliphatic carbocycles. The van der Waals surface area contributed by atoms with Gasteiger partial charge in [0.05, 0.1) is 0 Å². The Morgan fingerprint density at radius 1 is 1.20 bits per heavy atom. The SMILES string of the molecule is [O]=[Fe](=[O])(=[O])[Cl]. The Morgan fingerprint density at radius 2 is 1.20 bits per heavy atom. The number of rotatable bonds is 0. The van der Waals surface area contributed by atoms with Crippen molar-refractivity contribution in [1.82, 2.24) is 0 Å². The maximum atomic E-state index is 8.88. The molecule has 0 radical (unpaired) electrons. The van der Waals surface area contributed by atoms with E-state index in [0.717, 1.165) is 0 Å². The van der Waals surface area contributed by atoms with Gasteiger partial charge in [-0.15, -0.1) is 0 Å². The molecule has 33 valence electrons. The first-order valence-corrected chi connectivity index (χ1v) is 3.44. The molecule has 5 heavy (non-hydrogen) atoms. The van der Waals surface area contributed by atoms with E-state index in [1.165, 1.54) is 0 Å². The molecule has 5 heteroatoms. The third-order valence-electron chi connectivity index (χ3n) is 0. The minimum absolute atomic E-state index is 3.99. The van der Waals surface area contributed by atoms with Crippen molar-refractivity contribution in [3.8, 4) is 0 Å². The molecule has 3 nitrogen and oxygen atoms in total. The van der Waals surface area contributed by atoms with Crippen molar-refractivity contribution < 1.29 is 23.2 Å². The van der Waals surface area contributed by atoms with Crippen molar-refractivity contribution in [2.24, 2.45) is 0 Å². The number of hydrogen-bond acceptors (Lipinski definition) is 3. The number of hydrogen-bond donors (Lipinski definition) is 0. The van der Waals surface area contributed by atoms with Gasteiger partial charge in [-0.25, -0.2) is 0 Å². The van der Waals surface area contributed by atoms with Gasteiger partial charge >= 0.3 is 33.3 Å². The van der Waals surface area contributed by atoms with E-state index in [1.54, 1.807) is 0 Å². The summed E-state index contributed by atoms with van der Waals surface area (Å²) in [5.74, 6) is 0. The Bertz CT molecular complexity index is 128. The van der Waals surface area contributed by atoms with Gasteiger partial charge in [0, 0.05) is 0 Å². The van der Waals surface area contributed by atoms with Crippen molar-refractivity contribution in [2.75, 3.05) is 0 Å². The molecule has 0 aromatic heterocycles. The average molecular weight is 139 g/mol. The van der Waals surface area contributed by atoms with Crippen molar-refractivity contribution in [2.45, 2.75) is 0 Å². The molecule has 0 amide bonds. The van der Waals surface area contributed by atoms with Gasteiger partial charge in [-0.1, -0.05) is 0 Å². The molecule has 0 N–H and O–H groups in total. The molecule has 0 aliphatic heterocycles. The Balaban J connectivity index is 4.87. The molecule has 0 saturated heterocycles. The minimum atomic E-state index is -4.78. The van der Waals surface area contributed by atoms with Gasteiger partial charge < -0.3 is 0 Å². The number of halogens is 1. The molecule has 0 bridgehead atoms. The standard InChI is InChI=1S/ClH.Fe.3O/h1H;;;;/q;+1;;;/p-1. The summed E-state index contributed by atoms with van der Waals surface area (Å²) in [5, 5.41) is 0. The zero-order valence-corrected chi connectivity index (χ0v) is 3.82. The fourth-order valence-corrected chi connectivity index (χ4v) is 0. The first kappa shape index (κ1) is 5.21. The summed E-state index contributed by atoms with van der Waals surface area (Å²) in [4.78, 5) is 0. The molecule has 0 fully saturated rings. The maximum absolute atomic E-state index is 8.88. The zero-order chi connectivity index (χ0) is 4.50. The normalized spacial score (nSPS) is 11.4. The summed E-state index contributed by atoms with van der Waals surface area (Å²) < 4.78 is 26.7. The van der Waals surface area contributed by atoms with Crippen molar-refractivity contribution in [3.05, 3.63) is 0 Å². The molecule has 0 aromatic carbocycles. The van der Waals surface area contributed by atoms with Crippen LogP contribution in [0.3, 0.4) is 0 Å². The van der Waals surface area contributed by atoms with Crippen molar-refractivity contribution in [1.29, 1.82) is 0 Å². The van der Waals surface area contributed by atoms with Crippen LogP contribution in [-0.4, -0.2) is 0 Å². The molecule has 0 rings (SSSR count). The van der Waals surface area contributed by atoms with Gasteiger partial charge in [-0.05, 0) is 0 Å². The second kappa shape index (κ2) is 1.12. The van der Waals surface area contributed by atoms with Crippen LogP contribution >= 0.6 is 10.1 Å². The third-order valence-corrected chi connectivity index (χ3v) is 0. The van der Waals surface area contributed by atoms with Crippen molar-refractivity contribution in [3.63, 3.8) is 0 Å². The predicted octanol–water partition coefficient (Wildman–Crippen LogP) is 0.331. The zero-order valence-electron chi connectivity index (χ0n) is 1.96. The van der Waals surface area contributed by atoms with E-state index in [4.69, 9.17) is 11.5 Å². The Hall–Kier alpha value is 0.209. The molecule has 0 aliphatic rings. The summed E-state index contributed by atoms with van der Waals surface area (Å²) in [6, 6.07) is 0. The summed E-state index contributed by atoms with van der Waals surface area (Å²) in [6.45, 7) is 0. The summed E-state index contributed by atoms with van der Waals surface area (Å²) >= 11 is -4.78. The fraction of sp³-hybridized carbons (Fsp3) is 0. The van der Waals surface area contributed by atoms with Gasteiger partial charge in [-0.2, -0.15) is 0 Å². The molecule has 0 aromatic rings. The second-order valence-corrected chi connectivity index (χ2v) is 2.75. The summed E-state index contributed by atoms with van der Waals surface area (Å²) in [7, 11) is 3.99. The fourth-order valence-electron chi connectivity index (χ4n) is 0. The molecule has 0 heterocycles. The Kier molecular flexibility index (Phi) is 1.17. The second-order valence-electron chi connectivity index (χ2n) is 0.340. The molecular weight excluding hydrogens is 139 g/mol. The van der Waals surface area contributed by atoms with Crippen LogP contribution in [0.1, 0.15) is 0 Å². The molecule has 0 spiro atoms. The van der Waals surface area contributed by atoms with Crippen LogP contribution in [0.4, 0.5) is 0 Å². The van der Waals surface area contributed by atoms with Gasteiger partial charge in [0.1, 0.15) is 0 Å². The van der Waals surface area contributed by atoms with E-state index in [-0.39, 0.29) is 0 Å². The summed E-state index contributed by atoms with van der Waals surface area (Å²) in [5.41, 5.74) is 0. The first-order valence-electron chi connectivity index (χ1n) is 0.567. The van der Waals surface area contributed by atoms with E-state index in [9.17, 15) is 0 Å². The van der Waals surface area contributed by atoms with Gasteiger partial charge in [-0.3, -0.25) is 0 Å². The van der Waals surface area contributed by atoms with E-state index in [0.29, 0.717) is 0 Å². The van der Waals surface area contributed by atoms with Crippen LogP contribution in [-0.2, 0) is 23.2 Å². The van der Waals surface area contributed by atoms with Crippen LogP contribution in [0.15, 0.2) is 0 Å². The van der Waals surface area contributed by atoms with Crippen molar-refractivity contribution >= 4 is 10.1 Å². The third kappa shape index (κ3) is 468. The van der Waals surface area contributed by atoms with E-state index in [1.807, 2.05) is 0 Å². The summed E-state index contributed by atoms with van der Waals surface area (Å²) in [6.07, 6.45) is 0. The molecule has 0 atom stereocenters. The van der Waals surface area contributed by atoms with Crippen LogP contribution in [0, 0.1) is 0 Å². The van der Waals surface area contributed by atoms with Gasteiger partial charge in [0.15, 0.2) is 0 Å². The quantitative estimate of drug-likeness (QED) is 0.454. The molecular formula is ClFeO3. The van der Waals surface area contributed by atoms with Gasteiger partial charge in [0.25, 0.3) is 0 Å². The molecule has 0 unspecified atom stereocenters. The average Bonchev–Trinajstić information content (AvgIpc) is 0.722. The van der Waals surface area contributed by atoms with Gasteiger partial charge in [0.2, 0.25) is 0 Å². The van der Waals surface area contributed by atoms with Crippen LogP contribution < -0.4 is 0 Å². The van der Waals surface area contributed by atoms with E-state index >= 15 is 0 Å². The van der Waals surface area contributed by atoms with E-state index < -0.39 is 11.7 Å². The molecule has 0 saturated carbocycles. The topological polar surface area (TPSA) is 51.2 Å². The first-order chi connectivity index (χ1) is 2.00.